The molecule has 5 heteroatoms. The molecule has 0 radical (unpaired) electrons. The lowest BCUT2D eigenvalue weighted by molar-refractivity contribution is 0.423. The first kappa shape index (κ1) is 13.8. The molecule has 1 aromatic heterocycles. The molecule has 0 spiro atoms. The van der Waals surface area contributed by atoms with E-state index in [1.165, 1.54) is 0 Å². The molecule has 0 unspecified atom stereocenters. The Labute approximate surface area is 117 Å². The summed E-state index contributed by atoms with van der Waals surface area (Å²) >= 11 is 1.64. The van der Waals surface area contributed by atoms with Crippen LogP contribution >= 0.6 is 11.8 Å². The number of hydrogen-bond acceptors (Lipinski definition) is 4. The lowest BCUT2D eigenvalue weighted by Crippen LogP contribution is -1.97. The fraction of sp³-hybridized carbons (Fsp3) is 0.357. The molecular formula is C14H19N3OS. The van der Waals surface area contributed by atoms with Crippen molar-refractivity contribution < 1.29 is 4.74 Å². The number of aryl methyl sites for hydroxylation is 1. The number of anilines is 1. The maximum Gasteiger partial charge on any atom is 0.241 e. The van der Waals surface area contributed by atoms with Gasteiger partial charge in [-0.15, -0.1) is 11.8 Å². The van der Waals surface area contributed by atoms with E-state index >= 15 is 0 Å². The minimum atomic E-state index is 0.277. The molecule has 0 saturated carbocycles. The summed E-state index contributed by atoms with van der Waals surface area (Å²) < 4.78 is 7.64. The summed E-state index contributed by atoms with van der Waals surface area (Å²) in [6, 6.07) is 7.90. The van der Waals surface area contributed by atoms with Crippen molar-refractivity contribution >= 4 is 17.4 Å². The Hall–Kier alpha value is -1.62. The van der Waals surface area contributed by atoms with Crippen LogP contribution in [0, 0.1) is 0 Å². The molecule has 0 saturated heterocycles. The molecule has 2 N–H and O–H groups in total. The van der Waals surface area contributed by atoms with Gasteiger partial charge in [-0.3, -0.25) is 0 Å². The van der Waals surface area contributed by atoms with Crippen molar-refractivity contribution in [2.24, 2.45) is 7.05 Å². The number of nitrogens with zero attached hydrogens (tertiary/aromatic N) is 2. The van der Waals surface area contributed by atoms with Crippen LogP contribution in [0.4, 0.5) is 5.69 Å². The number of nitrogen functional groups attached to an aromatic ring is 1. The van der Waals surface area contributed by atoms with Gasteiger partial charge in [0.05, 0.1) is 5.69 Å². The Morgan fingerprint density at radius 3 is 2.58 bits per heavy atom. The van der Waals surface area contributed by atoms with Crippen LogP contribution in [0.2, 0.25) is 0 Å². The molecule has 0 amide bonds. The van der Waals surface area contributed by atoms with Gasteiger partial charge in [-0.25, -0.2) is 4.68 Å². The average Bonchev–Trinajstić information content (AvgIpc) is 2.67. The molecule has 1 aromatic carbocycles. The fourth-order valence-corrected chi connectivity index (χ4v) is 2.43. The van der Waals surface area contributed by atoms with Crippen LogP contribution in [0.1, 0.15) is 25.5 Å². The molecule has 0 fully saturated rings. The zero-order valence-electron chi connectivity index (χ0n) is 11.7. The third-order valence-electron chi connectivity index (χ3n) is 2.88. The summed E-state index contributed by atoms with van der Waals surface area (Å²) in [6.07, 6.45) is 2.02. The lowest BCUT2D eigenvalue weighted by Gasteiger charge is -2.10. The van der Waals surface area contributed by atoms with Crippen LogP contribution in [-0.2, 0) is 7.05 Å². The van der Waals surface area contributed by atoms with E-state index in [4.69, 9.17) is 10.5 Å². The number of para-hydroxylation sites is 1. The maximum atomic E-state index is 6.13. The molecule has 0 aliphatic heterocycles. The zero-order chi connectivity index (χ0) is 14.0. The highest BCUT2D eigenvalue weighted by atomic mass is 32.2. The average molecular weight is 277 g/mol. The van der Waals surface area contributed by atoms with E-state index in [1.54, 1.807) is 16.4 Å². The molecule has 2 rings (SSSR count). The van der Waals surface area contributed by atoms with E-state index in [-0.39, 0.29) is 5.92 Å². The van der Waals surface area contributed by atoms with E-state index in [0.717, 1.165) is 16.3 Å². The van der Waals surface area contributed by atoms with E-state index in [0.29, 0.717) is 11.6 Å². The van der Waals surface area contributed by atoms with Gasteiger partial charge in [0.2, 0.25) is 5.88 Å². The Morgan fingerprint density at radius 1 is 1.32 bits per heavy atom. The van der Waals surface area contributed by atoms with E-state index in [9.17, 15) is 0 Å². The van der Waals surface area contributed by atoms with Gasteiger partial charge < -0.3 is 10.5 Å². The monoisotopic (exact) mass is 277 g/mol. The maximum absolute atomic E-state index is 6.13. The summed E-state index contributed by atoms with van der Waals surface area (Å²) in [5, 5.41) is 4.42. The zero-order valence-corrected chi connectivity index (χ0v) is 12.5. The van der Waals surface area contributed by atoms with Crippen LogP contribution in [-0.4, -0.2) is 16.0 Å². The van der Waals surface area contributed by atoms with Crippen molar-refractivity contribution in [2.75, 3.05) is 12.0 Å². The molecule has 1 heterocycles. The van der Waals surface area contributed by atoms with Gasteiger partial charge in [0.25, 0.3) is 0 Å². The summed E-state index contributed by atoms with van der Waals surface area (Å²) in [6.45, 7) is 4.14. The Kier molecular flexibility index (Phi) is 4.04. The highest BCUT2D eigenvalue weighted by Crippen LogP contribution is 2.36. The van der Waals surface area contributed by atoms with Gasteiger partial charge >= 0.3 is 0 Å². The number of benzene rings is 1. The minimum Gasteiger partial charge on any atom is -0.436 e. The quantitative estimate of drug-likeness (QED) is 0.867. The largest absolute Gasteiger partial charge is 0.436 e. The normalized spacial score (nSPS) is 11.0. The lowest BCUT2D eigenvalue weighted by atomic mass is 10.1. The third-order valence-corrected chi connectivity index (χ3v) is 3.66. The Morgan fingerprint density at radius 2 is 2.00 bits per heavy atom. The first-order valence-corrected chi connectivity index (χ1v) is 7.40. The van der Waals surface area contributed by atoms with Crippen molar-refractivity contribution in [3.05, 3.63) is 30.0 Å². The van der Waals surface area contributed by atoms with Crippen LogP contribution in [0.15, 0.2) is 29.2 Å². The number of ether oxygens (including phenoxy) is 1. The number of aromatic nitrogens is 2. The summed E-state index contributed by atoms with van der Waals surface area (Å²) in [4.78, 5) is 1.08. The molecule has 4 nitrogen and oxygen atoms in total. The predicted octanol–water partition coefficient (Wildman–Crippen LogP) is 3.64. The van der Waals surface area contributed by atoms with Gasteiger partial charge in [0, 0.05) is 11.9 Å². The van der Waals surface area contributed by atoms with Crippen LogP contribution in [0.5, 0.6) is 11.6 Å². The molecule has 0 bridgehead atoms. The predicted molar refractivity (Wildman–Crippen MR) is 80.0 cm³/mol. The first-order chi connectivity index (χ1) is 9.04. The van der Waals surface area contributed by atoms with Crippen molar-refractivity contribution in [2.45, 2.75) is 24.7 Å². The van der Waals surface area contributed by atoms with Gasteiger partial charge in [-0.2, -0.15) is 5.10 Å². The van der Waals surface area contributed by atoms with Crippen LogP contribution in [0.3, 0.4) is 0 Å². The molecule has 19 heavy (non-hydrogen) atoms. The molecular weight excluding hydrogens is 258 g/mol. The topological polar surface area (TPSA) is 53.1 Å². The highest BCUT2D eigenvalue weighted by Gasteiger charge is 2.18. The molecule has 2 aromatic rings. The number of nitrogens with two attached hydrogens (primary N) is 1. The summed E-state index contributed by atoms with van der Waals surface area (Å²) in [5.41, 5.74) is 7.62. The van der Waals surface area contributed by atoms with Gasteiger partial charge in [-0.05, 0) is 24.3 Å². The van der Waals surface area contributed by atoms with Crippen LogP contribution in [0.25, 0.3) is 0 Å². The number of thioether (sulfide) groups is 1. The van der Waals surface area contributed by atoms with Gasteiger partial charge in [0.1, 0.15) is 11.4 Å². The molecule has 0 aliphatic carbocycles. The van der Waals surface area contributed by atoms with Gasteiger partial charge in [-0.1, -0.05) is 26.0 Å². The minimum absolute atomic E-state index is 0.277. The molecule has 0 aliphatic rings. The van der Waals surface area contributed by atoms with Crippen molar-refractivity contribution in [3.8, 4) is 11.6 Å². The van der Waals surface area contributed by atoms with Crippen molar-refractivity contribution in [3.63, 3.8) is 0 Å². The first-order valence-electron chi connectivity index (χ1n) is 6.17. The summed E-state index contributed by atoms with van der Waals surface area (Å²) in [5.74, 6) is 1.68. The number of hydrogen-bond donors (Lipinski definition) is 1. The Bertz CT molecular complexity index is 578. The highest BCUT2D eigenvalue weighted by molar-refractivity contribution is 7.98. The molecule has 102 valence electrons. The second-order valence-electron chi connectivity index (χ2n) is 4.64. The Balaban J connectivity index is 2.38. The van der Waals surface area contributed by atoms with E-state index < -0.39 is 0 Å². The number of rotatable bonds is 4. The van der Waals surface area contributed by atoms with Gasteiger partial charge in [0.15, 0.2) is 0 Å². The fourth-order valence-electron chi connectivity index (χ4n) is 1.90. The van der Waals surface area contributed by atoms with Crippen LogP contribution < -0.4 is 10.5 Å². The standard InChI is InChI=1S/C14H19N3OS/c1-9(2)13-12(15)14(17(3)16-13)18-10-7-5-6-8-11(10)19-4/h5-9H,15H2,1-4H3. The van der Waals surface area contributed by atoms with E-state index in [2.05, 4.69) is 18.9 Å². The summed E-state index contributed by atoms with van der Waals surface area (Å²) in [7, 11) is 1.85. The second kappa shape index (κ2) is 5.57. The van der Waals surface area contributed by atoms with Crippen molar-refractivity contribution in [1.29, 1.82) is 0 Å². The second-order valence-corrected chi connectivity index (χ2v) is 5.48. The third kappa shape index (κ3) is 2.71. The van der Waals surface area contributed by atoms with Crippen molar-refractivity contribution in [1.82, 2.24) is 9.78 Å². The SMILES string of the molecule is CSc1ccccc1Oc1c(N)c(C(C)C)nn1C. The molecule has 0 atom stereocenters. The smallest absolute Gasteiger partial charge is 0.241 e. The van der Waals surface area contributed by atoms with E-state index in [1.807, 2.05) is 37.6 Å².